The van der Waals surface area contributed by atoms with Gasteiger partial charge in [-0.1, -0.05) is 0 Å². The predicted molar refractivity (Wildman–Crippen MR) is 67.8 cm³/mol. The van der Waals surface area contributed by atoms with Crippen LogP contribution in [0.25, 0.3) is 0 Å². The van der Waals surface area contributed by atoms with Gasteiger partial charge in [-0.25, -0.2) is 8.78 Å². The molecule has 1 rings (SSSR count). The van der Waals surface area contributed by atoms with Gasteiger partial charge in [-0.05, 0) is 25.1 Å². The smallest absolute Gasteiger partial charge is 0.256 e. The van der Waals surface area contributed by atoms with E-state index in [4.69, 9.17) is 10.5 Å². The van der Waals surface area contributed by atoms with Crippen molar-refractivity contribution in [1.29, 1.82) is 0 Å². The normalized spacial score (nSPS) is 10.5. The number of rotatable bonds is 7. The maximum atomic E-state index is 13.6. The molecule has 0 saturated heterocycles. The average Bonchev–Trinajstić information content (AvgIpc) is 2.38. The molecule has 0 spiro atoms. The van der Waals surface area contributed by atoms with E-state index in [1.165, 1.54) is 12.0 Å². The van der Waals surface area contributed by atoms with Crippen molar-refractivity contribution < 1.29 is 18.3 Å². The van der Waals surface area contributed by atoms with Crippen LogP contribution in [0.4, 0.5) is 8.78 Å². The summed E-state index contributed by atoms with van der Waals surface area (Å²) in [5.74, 6) is -2.05. The zero-order valence-electron chi connectivity index (χ0n) is 10.9. The Labute approximate surface area is 111 Å². The second-order valence-electron chi connectivity index (χ2n) is 4.05. The van der Waals surface area contributed by atoms with Crippen molar-refractivity contribution in [2.75, 3.05) is 33.4 Å². The molecule has 6 heteroatoms. The Morgan fingerprint density at radius 1 is 1.37 bits per heavy atom. The quantitative estimate of drug-likeness (QED) is 0.816. The van der Waals surface area contributed by atoms with Crippen molar-refractivity contribution in [2.24, 2.45) is 5.73 Å². The van der Waals surface area contributed by atoms with Gasteiger partial charge in [-0.15, -0.1) is 0 Å². The highest BCUT2D eigenvalue weighted by Gasteiger charge is 2.19. The number of hydrogen-bond acceptors (Lipinski definition) is 3. The number of amides is 1. The monoisotopic (exact) mass is 272 g/mol. The molecule has 0 saturated carbocycles. The first-order chi connectivity index (χ1) is 9.10. The highest BCUT2D eigenvalue weighted by Crippen LogP contribution is 2.12. The van der Waals surface area contributed by atoms with Crippen LogP contribution in [0.1, 0.15) is 16.8 Å². The van der Waals surface area contributed by atoms with Gasteiger partial charge < -0.3 is 15.4 Å². The van der Waals surface area contributed by atoms with Crippen LogP contribution in [0.15, 0.2) is 18.2 Å². The topological polar surface area (TPSA) is 55.6 Å². The Bertz CT molecular complexity index is 419. The van der Waals surface area contributed by atoms with Gasteiger partial charge in [0, 0.05) is 26.3 Å². The lowest BCUT2D eigenvalue weighted by Gasteiger charge is -2.22. The summed E-state index contributed by atoms with van der Waals surface area (Å²) in [6.07, 6.45) is 0.609. The predicted octanol–water partition coefficient (Wildman–Crippen LogP) is 1.40. The van der Waals surface area contributed by atoms with Crippen LogP contribution in [0.2, 0.25) is 0 Å². The molecule has 1 aromatic carbocycles. The number of halogens is 2. The second kappa shape index (κ2) is 7.81. The Morgan fingerprint density at radius 3 is 2.68 bits per heavy atom. The van der Waals surface area contributed by atoms with Crippen LogP contribution in [-0.4, -0.2) is 44.2 Å². The van der Waals surface area contributed by atoms with Crippen molar-refractivity contribution >= 4 is 5.91 Å². The molecule has 19 heavy (non-hydrogen) atoms. The van der Waals surface area contributed by atoms with E-state index >= 15 is 0 Å². The molecule has 0 aliphatic rings. The molecule has 1 aromatic rings. The summed E-state index contributed by atoms with van der Waals surface area (Å²) in [6, 6.07) is 2.91. The zero-order chi connectivity index (χ0) is 14.3. The fourth-order valence-corrected chi connectivity index (χ4v) is 1.63. The molecule has 0 aliphatic heterocycles. The molecule has 1 amide bonds. The summed E-state index contributed by atoms with van der Waals surface area (Å²) >= 11 is 0. The molecule has 106 valence electrons. The standard InChI is InChI=1S/C13H18F2N2O2/c1-19-8-7-17(6-2-5-16)13(18)11-4-3-10(14)9-12(11)15/h3-4,9H,2,5-8,16H2,1H3. The highest BCUT2D eigenvalue weighted by molar-refractivity contribution is 5.94. The van der Waals surface area contributed by atoms with Crippen molar-refractivity contribution in [3.05, 3.63) is 35.4 Å². The van der Waals surface area contributed by atoms with Crippen LogP contribution in [0.3, 0.4) is 0 Å². The fraction of sp³-hybridized carbons (Fsp3) is 0.462. The summed E-state index contributed by atoms with van der Waals surface area (Å²) in [4.78, 5) is 13.6. The molecule has 4 nitrogen and oxygen atoms in total. The Morgan fingerprint density at radius 2 is 2.11 bits per heavy atom. The first-order valence-corrected chi connectivity index (χ1v) is 6.03. The summed E-state index contributed by atoms with van der Waals surface area (Å²) in [5.41, 5.74) is 5.26. The van der Waals surface area contributed by atoms with Gasteiger partial charge in [0.05, 0.1) is 12.2 Å². The van der Waals surface area contributed by atoms with Crippen molar-refractivity contribution in [2.45, 2.75) is 6.42 Å². The van der Waals surface area contributed by atoms with Gasteiger partial charge >= 0.3 is 0 Å². The second-order valence-corrected chi connectivity index (χ2v) is 4.05. The summed E-state index contributed by atoms with van der Waals surface area (Å²) in [5, 5.41) is 0. The molecule has 0 atom stereocenters. The number of methoxy groups -OCH3 is 1. The molecule has 0 bridgehead atoms. The lowest BCUT2D eigenvalue weighted by atomic mass is 10.1. The first-order valence-electron chi connectivity index (χ1n) is 6.03. The summed E-state index contributed by atoms with van der Waals surface area (Å²) < 4.78 is 31.3. The third kappa shape index (κ3) is 4.57. The number of hydrogen-bond donors (Lipinski definition) is 1. The van der Waals surface area contributed by atoms with Gasteiger partial charge in [0.15, 0.2) is 0 Å². The minimum atomic E-state index is -0.861. The van der Waals surface area contributed by atoms with Gasteiger partial charge in [0.1, 0.15) is 11.6 Å². The maximum absolute atomic E-state index is 13.6. The fourth-order valence-electron chi connectivity index (χ4n) is 1.63. The molecule has 0 radical (unpaired) electrons. The van der Waals surface area contributed by atoms with Crippen LogP contribution in [0.5, 0.6) is 0 Å². The average molecular weight is 272 g/mol. The number of carbonyl (C=O) groups is 1. The van der Waals surface area contributed by atoms with Crippen LogP contribution < -0.4 is 5.73 Å². The van der Waals surface area contributed by atoms with E-state index in [2.05, 4.69) is 0 Å². The zero-order valence-corrected chi connectivity index (χ0v) is 10.9. The largest absolute Gasteiger partial charge is 0.383 e. The lowest BCUT2D eigenvalue weighted by molar-refractivity contribution is 0.0690. The van der Waals surface area contributed by atoms with E-state index in [-0.39, 0.29) is 5.56 Å². The van der Waals surface area contributed by atoms with E-state index in [0.29, 0.717) is 38.7 Å². The molecule has 0 fully saturated rings. The van der Waals surface area contributed by atoms with Crippen molar-refractivity contribution in [1.82, 2.24) is 4.90 Å². The molecule has 0 aromatic heterocycles. The SMILES string of the molecule is COCCN(CCCN)C(=O)c1ccc(F)cc1F. The molecular weight excluding hydrogens is 254 g/mol. The molecular formula is C13H18F2N2O2. The summed E-state index contributed by atoms with van der Waals surface area (Å²) in [7, 11) is 1.52. The molecule has 0 heterocycles. The van der Waals surface area contributed by atoms with Gasteiger partial charge in [-0.2, -0.15) is 0 Å². The lowest BCUT2D eigenvalue weighted by Crippen LogP contribution is -2.36. The number of nitrogens with zero attached hydrogens (tertiary/aromatic N) is 1. The van der Waals surface area contributed by atoms with Gasteiger partial charge in [-0.3, -0.25) is 4.79 Å². The Hall–Kier alpha value is -1.53. The van der Waals surface area contributed by atoms with Gasteiger partial charge in [0.25, 0.3) is 5.91 Å². The number of ether oxygens (including phenoxy) is 1. The third-order valence-corrected chi connectivity index (χ3v) is 2.65. The molecule has 2 N–H and O–H groups in total. The Kier molecular flexibility index (Phi) is 6.38. The number of nitrogens with two attached hydrogens (primary N) is 1. The first kappa shape index (κ1) is 15.5. The molecule has 0 aliphatic carbocycles. The van der Waals surface area contributed by atoms with Crippen LogP contribution in [-0.2, 0) is 4.74 Å². The van der Waals surface area contributed by atoms with E-state index in [9.17, 15) is 13.6 Å². The molecule has 0 unspecified atom stereocenters. The van der Waals surface area contributed by atoms with Gasteiger partial charge in [0.2, 0.25) is 0 Å². The minimum Gasteiger partial charge on any atom is -0.383 e. The van der Waals surface area contributed by atoms with E-state index in [1.54, 1.807) is 0 Å². The van der Waals surface area contributed by atoms with Crippen LogP contribution >= 0.6 is 0 Å². The van der Waals surface area contributed by atoms with Crippen molar-refractivity contribution in [3.8, 4) is 0 Å². The Balaban J connectivity index is 2.84. The van der Waals surface area contributed by atoms with Crippen molar-refractivity contribution in [3.63, 3.8) is 0 Å². The van der Waals surface area contributed by atoms with E-state index in [1.807, 2.05) is 0 Å². The third-order valence-electron chi connectivity index (χ3n) is 2.65. The van der Waals surface area contributed by atoms with E-state index < -0.39 is 17.5 Å². The van der Waals surface area contributed by atoms with E-state index in [0.717, 1.165) is 12.1 Å². The van der Waals surface area contributed by atoms with Crippen LogP contribution in [0, 0.1) is 11.6 Å². The number of benzene rings is 1. The number of carbonyl (C=O) groups excluding carboxylic acids is 1. The minimum absolute atomic E-state index is 0.144. The summed E-state index contributed by atoms with van der Waals surface area (Å²) in [6.45, 7) is 1.53. The maximum Gasteiger partial charge on any atom is 0.256 e. The highest BCUT2D eigenvalue weighted by atomic mass is 19.1.